The van der Waals surface area contributed by atoms with E-state index in [4.69, 9.17) is 9.97 Å². The van der Waals surface area contributed by atoms with Crippen molar-refractivity contribution < 1.29 is 0 Å². The zero-order valence-electron chi connectivity index (χ0n) is 26.2. The summed E-state index contributed by atoms with van der Waals surface area (Å²) in [6.45, 7) is 8.04. The minimum absolute atomic E-state index is 0.812. The molecule has 3 heterocycles. The van der Waals surface area contributed by atoms with Crippen molar-refractivity contribution in [3.63, 3.8) is 0 Å². The SMILES string of the molecule is C=Cc1nc(-c2ccc(-c3ccc(-c4ccc5c6ccccc6n6c7ccccc7nc6c5c4)cc3)cc2)n(-c2ccccc2)c1C=C. The molecule has 0 amide bonds. The fourth-order valence-electron chi connectivity index (χ4n) is 6.99. The first-order valence-corrected chi connectivity index (χ1v) is 16.1. The maximum atomic E-state index is 5.10. The lowest BCUT2D eigenvalue weighted by Crippen LogP contribution is -1.99. The molecular formula is C44H30N4. The predicted octanol–water partition coefficient (Wildman–Crippen LogP) is 11.3. The molecule has 0 spiro atoms. The topological polar surface area (TPSA) is 35.1 Å². The first-order chi connectivity index (χ1) is 23.7. The third-order valence-corrected chi connectivity index (χ3v) is 9.29. The molecule has 4 heteroatoms. The highest BCUT2D eigenvalue weighted by Crippen LogP contribution is 2.36. The zero-order valence-corrected chi connectivity index (χ0v) is 26.2. The van der Waals surface area contributed by atoms with Gasteiger partial charge in [0.15, 0.2) is 0 Å². The normalized spacial score (nSPS) is 11.5. The van der Waals surface area contributed by atoms with E-state index in [1.165, 1.54) is 21.9 Å². The highest BCUT2D eigenvalue weighted by molar-refractivity contribution is 6.14. The third-order valence-electron chi connectivity index (χ3n) is 9.29. The van der Waals surface area contributed by atoms with Crippen molar-refractivity contribution in [2.45, 2.75) is 0 Å². The lowest BCUT2D eigenvalue weighted by molar-refractivity contribution is 1.05. The zero-order chi connectivity index (χ0) is 32.2. The van der Waals surface area contributed by atoms with Crippen LogP contribution in [0.4, 0.5) is 0 Å². The number of benzene rings is 6. The molecule has 0 saturated carbocycles. The number of para-hydroxylation sites is 4. The van der Waals surface area contributed by atoms with E-state index in [0.717, 1.165) is 67.2 Å². The Labute approximate surface area is 278 Å². The molecule has 0 unspecified atom stereocenters. The average Bonchev–Trinajstić information content (AvgIpc) is 3.75. The summed E-state index contributed by atoms with van der Waals surface area (Å²) < 4.78 is 4.44. The Kier molecular flexibility index (Phi) is 6.41. The van der Waals surface area contributed by atoms with Crippen LogP contribution in [-0.4, -0.2) is 18.9 Å². The Balaban J connectivity index is 1.09. The fraction of sp³-hybridized carbons (Fsp3) is 0. The van der Waals surface area contributed by atoms with Gasteiger partial charge in [0.25, 0.3) is 0 Å². The summed E-state index contributed by atoms with van der Waals surface area (Å²) in [4.78, 5) is 10.0. The Bertz CT molecular complexity index is 2680. The minimum Gasteiger partial charge on any atom is -0.292 e. The third kappa shape index (κ3) is 4.31. The summed E-state index contributed by atoms with van der Waals surface area (Å²) >= 11 is 0. The van der Waals surface area contributed by atoms with Gasteiger partial charge >= 0.3 is 0 Å². The summed E-state index contributed by atoms with van der Waals surface area (Å²) in [5, 5.41) is 3.58. The summed E-state index contributed by atoms with van der Waals surface area (Å²) in [5.41, 5.74) is 12.7. The van der Waals surface area contributed by atoms with Crippen LogP contribution in [0.25, 0.3) is 89.8 Å². The van der Waals surface area contributed by atoms with E-state index >= 15 is 0 Å². The molecule has 0 fully saturated rings. The molecule has 9 aromatic rings. The van der Waals surface area contributed by atoms with Crippen LogP contribution in [0, 0.1) is 0 Å². The van der Waals surface area contributed by atoms with E-state index < -0.39 is 0 Å². The predicted molar refractivity (Wildman–Crippen MR) is 201 cm³/mol. The molecule has 9 rings (SSSR count). The second-order valence-corrected chi connectivity index (χ2v) is 12.0. The van der Waals surface area contributed by atoms with Crippen molar-refractivity contribution in [2.24, 2.45) is 0 Å². The van der Waals surface area contributed by atoms with Gasteiger partial charge in [-0.3, -0.25) is 8.97 Å². The van der Waals surface area contributed by atoms with E-state index in [9.17, 15) is 0 Å². The van der Waals surface area contributed by atoms with Crippen molar-refractivity contribution in [2.75, 3.05) is 0 Å². The van der Waals surface area contributed by atoms with E-state index in [2.05, 4.69) is 150 Å². The van der Waals surface area contributed by atoms with Crippen LogP contribution in [0.5, 0.6) is 0 Å². The molecule has 0 N–H and O–H groups in total. The van der Waals surface area contributed by atoms with Crippen LogP contribution in [0.1, 0.15) is 11.4 Å². The molecule has 0 bridgehead atoms. The monoisotopic (exact) mass is 614 g/mol. The van der Waals surface area contributed by atoms with E-state index in [1.807, 2.05) is 24.3 Å². The maximum absolute atomic E-state index is 5.10. The van der Waals surface area contributed by atoms with Crippen LogP contribution in [0.2, 0.25) is 0 Å². The molecule has 4 nitrogen and oxygen atoms in total. The number of nitrogens with zero attached hydrogens (tertiary/aromatic N) is 4. The molecule has 3 aromatic heterocycles. The summed E-state index contributed by atoms with van der Waals surface area (Å²) in [6.07, 6.45) is 3.63. The van der Waals surface area contributed by atoms with Crippen LogP contribution in [0.15, 0.2) is 159 Å². The van der Waals surface area contributed by atoms with Crippen molar-refractivity contribution in [1.29, 1.82) is 0 Å². The highest BCUT2D eigenvalue weighted by atomic mass is 15.1. The lowest BCUT2D eigenvalue weighted by atomic mass is 9.97. The van der Waals surface area contributed by atoms with Gasteiger partial charge in [-0.25, -0.2) is 9.97 Å². The number of pyridine rings is 1. The van der Waals surface area contributed by atoms with Gasteiger partial charge < -0.3 is 0 Å². The van der Waals surface area contributed by atoms with Crippen molar-refractivity contribution in [3.05, 3.63) is 170 Å². The molecule has 226 valence electrons. The average molecular weight is 615 g/mol. The Morgan fingerprint density at radius 1 is 0.479 bits per heavy atom. The van der Waals surface area contributed by atoms with Crippen molar-refractivity contribution >= 4 is 50.5 Å². The minimum atomic E-state index is 0.812. The molecule has 0 saturated heterocycles. The number of hydrogen-bond donors (Lipinski definition) is 0. The molecule has 48 heavy (non-hydrogen) atoms. The Hall–Kier alpha value is -6.52. The Morgan fingerprint density at radius 3 is 1.79 bits per heavy atom. The highest BCUT2D eigenvalue weighted by Gasteiger charge is 2.17. The Morgan fingerprint density at radius 2 is 1.08 bits per heavy atom. The van der Waals surface area contributed by atoms with Crippen LogP contribution >= 0.6 is 0 Å². The van der Waals surface area contributed by atoms with Gasteiger partial charge in [-0.2, -0.15) is 0 Å². The second kappa shape index (κ2) is 11.1. The van der Waals surface area contributed by atoms with Crippen LogP contribution in [0.3, 0.4) is 0 Å². The van der Waals surface area contributed by atoms with Crippen LogP contribution in [-0.2, 0) is 0 Å². The number of hydrogen-bond acceptors (Lipinski definition) is 2. The van der Waals surface area contributed by atoms with Gasteiger partial charge in [0, 0.05) is 22.0 Å². The molecule has 0 aliphatic rings. The molecule has 0 atom stereocenters. The molecule has 6 aromatic carbocycles. The molecule has 0 aliphatic heterocycles. The number of rotatable bonds is 6. The molecular weight excluding hydrogens is 585 g/mol. The quantitative estimate of drug-likeness (QED) is 0.175. The smallest absolute Gasteiger partial charge is 0.146 e. The standard InChI is InChI=1S/C44H30N4/c1-3-38-40(4-2)47(34-12-6-5-7-13-34)43(45-38)32-24-22-30(23-25-32)29-18-20-31(21-19-29)33-26-27-35-36-14-8-10-16-41(36)48-42-17-11-9-15-39(42)46-44(48)37(35)28-33/h3-28H,1-2H2. The van der Waals surface area contributed by atoms with E-state index in [0.29, 0.717) is 0 Å². The first-order valence-electron chi connectivity index (χ1n) is 16.1. The molecule has 0 aliphatic carbocycles. The van der Waals surface area contributed by atoms with E-state index in [-0.39, 0.29) is 0 Å². The van der Waals surface area contributed by atoms with Gasteiger partial charge in [0.2, 0.25) is 0 Å². The summed E-state index contributed by atoms with van der Waals surface area (Å²) in [7, 11) is 0. The lowest BCUT2D eigenvalue weighted by Gasteiger charge is -2.12. The van der Waals surface area contributed by atoms with Gasteiger partial charge in [0.05, 0.1) is 27.9 Å². The fourth-order valence-corrected chi connectivity index (χ4v) is 6.99. The van der Waals surface area contributed by atoms with Crippen molar-refractivity contribution in [3.8, 4) is 39.3 Å². The van der Waals surface area contributed by atoms with Gasteiger partial charge in [-0.05, 0) is 76.2 Å². The number of fused-ring (bicyclic) bond motifs is 8. The summed E-state index contributed by atoms with van der Waals surface area (Å²) in [6, 6.07) is 51.4. The van der Waals surface area contributed by atoms with Gasteiger partial charge in [-0.15, -0.1) is 0 Å². The van der Waals surface area contributed by atoms with Gasteiger partial charge in [-0.1, -0.05) is 122 Å². The number of aromatic nitrogens is 4. The largest absolute Gasteiger partial charge is 0.292 e. The molecule has 0 radical (unpaired) electrons. The second-order valence-electron chi connectivity index (χ2n) is 12.0. The number of imidazole rings is 2. The maximum Gasteiger partial charge on any atom is 0.146 e. The van der Waals surface area contributed by atoms with E-state index in [1.54, 1.807) is 6.08 Å². The first kappa shape index (κ1) is 27.8. The van der Waals surface area contributed by atoms with Crippen LogP contribution < -0.4 is 0 Å². The van der Waals surface area contributed by atoms with Crippen molar-refractivity contribution in [1.82, 2.24) is 18.9 Å². The summed E-state index contributed by atoms with van der Waals surface area (Å²) in [5.74, 6) is 0.858. The van der Waals surface area contributed by atoms with Gasteiger partial charge in [0.1, 0.15) is 11.5 Å².